The first-order valence-electron chi connectivity index (χ1n) is 5.50. The zero-order valence-electron chi connectivity index (χ0n) is 9.45. The molecule has 0 bridgehead atoms. The molecule has 1 atom stereocenters. The maximum atomic E-state index is 9.02. The number of aliphatic hydroxyl groups is 1. The molecule has 15 heavy (non-hydrogen) atoms. The van der Waals surface area contributed by atoms with Crippen molar-refractivity contribution < 1.29 is 14.6 Å². The van der Waals surface area contributed by atoms with Gasteiger partial charge in [-0.25, -0.2) is 0 Å². The summed E-state index contributed by atoms with van der Waals surface area (Å²) in [6.07, 6.45) is 0. The Morgan fingerprint density at radius 3 is 2.80 bits per heavy atom. The third kappa shape index (κ3) is 5.44. The number of aliphatic hydroxyl groups excluding tert-OH is 1. The van der Waals surface area contributed by atoms with Crippen molar-refractivity contribution in [2.24, 2.45) is 0 Å². The van der Waals surface area contributed by atoms with Crippen LogP contribution in [0.1, 0.15) is 0 Å². The number of rotatable bonds is 7. The molecule has 0 radical (unpaired) electrons. The summed E-state index contributed by atoms with van der Waals surface area (Å²) in [7, 11) is 1.65. The summed E-state index contributed by atoms with van der Waals surface area (Å²) >= 11 is 0. The summed E-state index contributed by atoms with van der Waals surface area (Å²) < 4.78 is 10.2. The van der Waals surface area contributed by atoms with Crippen LogP contribution in [0.15, 0.2) is 0 Å². The van der Waals surface area contributed by atoms with Gasteiger partial charge in [-0.15, -0.1) is 0 Å². The van der Waals surface area contributed by atoms with Crippen LogP contribution in [0, 0.1) is 0 Å². The largest absolute Gasteiger partial charge is 0.395 e. The van der Waals surface area contributed by atoms with Crippen LogP contribution in [0.25, 0.3) is 0 Å². The van der Waals surface area contributed by atoms with Gasteiger partial charge in [-0.05, 0) is 0 Å². The second-order valence-corrected chi connectivity index (χ2v) is 3.74. The number of morpholine rings is 1. The van der Waals surface area contributed by atoms with Crippen molar-refractivity contribution in [1.29, 1.82) is 0 Å². The van der Waals surface area contributed by atoms with Gasteiger partial charge >= 0.3 is 0 Å². The van der Waals surface area contributed by atoms with Gasteiger partial charge in [0.25, 0.3) is 0 Å². The molecular weight excluding hydrogens is 196 g/mol. The molecule has 1 aliphatic heterocycles. The van der Waals surface area contributed by atoms with Crippen molar-refractivity contribution in [2.75, 3.05) is 59.7 Å². The molecule has 0 aromatic heterocycles. The molecule has 5 heteroatoms. The molecule has 0 aliphatic carbocycles. The highest BCUT2D eigenvalue weighted by Gasteiger charge is 2.11. The minimum atomic E-state index is 0.0519. The molecule has 1 aliphatic rings. The molecule has 0 amide bonds. The van der Waals surface area contributed by atoms with Crippen molar-refractivity contribution in [1.82, 2.24) is 10.2 Å². The van der Waals surface area contributed by atoms with Crippen LogP contribution in [0.5, 0.6) is 0 Å². The fourth-order valence-electron chi connectivity index (χ4n) is 1.63. The molecular formula is C10H22N2O3. The first-order chi connectivity index (χ1) is 7.36. The predicted octanol–water partition coefficient (Wildman–Crippen LogP) is -1.08. The highest BCUT2D eigenvalue weighted by atomic mass is 16.5. The number of methoxy groups -OCH3 is 1. The van der Waals surface area contributed by atoms with Crippen molar-refractivity contribution in [3.05, 3.63) is 0 Å². The predicted molar refractivity (Wildman–Crippen MR) is 58.0 cm³/mol. The highest BCUT2D eigenvalue weighted by molar-refractivity contribution is 4.68. The zero-order chi connectivity index (χ0) is 10.9. The minimum Gasteiger partial charge on any atom is -0.395 e. The van der Waals surface area contributed by atoms with E-state index in [0.717, 1.165) is 39.4 Å². The Morgan fingerprint density at radius 1 is 1.47 bits per heavy atom. The molecule has 0 aromatic carbocycles. The number of hydrogen-bond acceptors (Lipinski definition) is 5. The van der Waals surface area contributed by atoms with E-state index in [2.05, 4.69) is 10.2 Å². The van der Waals surface area contributed by atoms with E-state index in [1.54, 1.807) is 7.11 Å². The second-order valence-electron chi connectivity index (χ2n) is 3.74. The molecule has 0 aromatic rings. The summed E-state index contributed by atoms with van der Waals surface area (Å²) in [5.41, 5.74) is 0. The molecule has 1 heterocycles. The first-order valence-corrected chi connectivity index (χ1v) is 5.50. The van der Waals surface area contributed by atoms with E-state index in [-0.39, 0.29) is 12.6 Å². The van der Waals surface area contributed by atoms with E-state index in [0.29, 0.717) is 6.61 Å². The number of ether oxygens (including phenoxy) is 2. The Kier molecular flexibility index (Phi) is 6.87. The fourth-order valence-corrected chi connectivity index (χ4v) is 1.63. The average molecular weight is 218 g/mol. The van der Waals surface area contributed by atoms with Crippen molar-refractivity contribution >= 4 is 0 Å². The first kappa shape index (κ1) is 12.9. The van der Waals surface area contributed by atoms with Gasteiger partial charge in [0, 0.05) is 33.3 Å². The van der Waals surface area contributed by atoms with Gasteiger partial charge in [-0.1, -0.05) is 0 Å². The molecule has 1 rings (SSSR count). The van der Waals surface area contributed by atoms with Crippen LogP contribution < -0.4 is 5.32 Å². The third-order valence-electron chi connectivity index (χ3n) is 2.55. The monoisotopic (exact) mass is 218 g/mol. The lowest BCUT2D eigenvalue weighted by Crippen LogP contribution is -2.44. The van der Waals surface area contributed by atoms with E-state index in [1.165, 1.54) is 0 Å². The maximum Gasteiger partial charge on any atom is 0.0638 e. The summed E-state index contributed by atoms with van der Waals surface area (Å²) in [6.45, 7) is 6.25. The van der Waals surface area contributed by atoms with Crippen molar-refractivity contribution in [3.63, 3.8) is 0 Å². The molecule has 0 spiro atoms. The molecule has 2 N–H and O–H groups in total. The molecule has 1 unspecified atom stereocenters. The van der Waals surface area contributed by atoms with E-state index in [4.69, 9.17) is 14.6 Å². The molecule has 90 valence electrons. The summed E-state index contributed by atoms with van der Waals surface area (Å²) in [6, 6.07) is 0.0519. The Bertz CT molecular complexity index is 147. The molecule has 0 saturated carbocycles. The van der Waals surface area contributed by atoms with Crippen LogP contribution in [-0.4, -0.2) is 75.8 Å². The van der Waals surface area contributed by atoms with Crippen molar-refractivity contribution in [2.45, 2.75) is 6.04 Å². The van der Waals surface area contributed by atoms with Gasteiger partial charge in [-0.3, -0.25) is 4.90 Å². The topological polar surface area (TPSA) is 54.0 Å². The second kappa shape index (κ2) is 8.01. The lowest BCUT2D eigenvalue weighted by molar-refractivity contribution is 0.0371. The number of nitrogens with zero attached hydrogens (tertiary/aromatic N) is 1. The smallest absolute Gasteiger partial charge is 0.0638 e. The van der Waals surface area contributed by atoms with Gasteiger partial charge in [0.2, 0.25) is 0 Å². The van der Waals surface area contributed by atoms with Crippen LogP contribution in [0.3, 0.4) is 0 Å². The summed E-state index contributed by atoms with van der Waals surface area (Å²) in [5, 5.41) is 12.3. The Hall–Kier alpha value is -0.200. The van der Waals surface area contributed by atoms with Gasteiger partial charge in [0.05, 0.1) is 32.5 Å². The zero-order valence-corrected chi connectivity index (χ0v) is 9.45. The van der Waals surface area contributed by atoms with E-state index in [1.807, 2.05) is 0 Å². The quantitative estimate of drug-likeness (QED) is 0.569. The van der Waals surface area contributed by atoms with Crippen LogP contribution >= 0.6 is 0 Å². The molecule has 5 nitrogen and oxygen atoms in total. The Morgan fingerprint density at radius 2 is 2.20 bits per heavy atom. The number of hydrogen-bond donors (Lipinski definition) is 2. The van der Waals surface area contributed by atoms with Crippen LogP contribution in [-0.2, 0) is 9.47 Å². The summed E-state index contributed by atoms with van der Waals surface area (Å²) in [4.78, 5) is 2.36. The van der Waals surface area contributed by atoms with E-state index >= 15 is 0 Å². The van der Waals surface area contributed by atoms with Gasteiger partial charge < -0.3 is 19.9 Å². The lowest BCUT2D eigenvalue weighted by atomic mass is 10.3. The van der Waals surface area contributed by atoms with Gasteiger partial charge in [0.15, 0.2) is 0 Å². The van der Waals surface area contributed by atoms with Crippen LogP contribution in [0.4, 0.5) is 0 Å². The average Bonchev–Trinajstić information content (AvgIpc) is 2.29. The van der Waals surface area contributed by atoms with E-state index < -0.39 is 0 Å². The summed E-state index contributed by atoms with van der Waals surface area (Å²) in [5.74, 6) is 0. The molecule has 1 fully saturated rings. The standard InChI is InChI=1S/C10H22N2O3/c1-14-9-10(8-13)11-2-3-12-4-6-15-7-5-12/h10-11,13H,2-9H2,1H3. The normalized spacial score (nSPS) is 20.4. The highest BCUT2D eigenvalue weighted by Crippen LogP contribution is 1.95. The van der Waals surface area contributed by atoms with Crippen molar-refractivity contribution in [3.8, 4) is 0 Å². The number of nitrogens with one attached hydrogen (secondary N) is 1. The lowest BCUT2D eigenvalue weighted by Gasteiger charge is -2.27. The fraction of sp³-hybridized carbons (Fsp3) is 1.00. The van der Waals surface area contributed by atoms with E-state index in [9.17, 15) is 0 Å². The Labute approximate surface area is 91.3 Å². The minimum absolute atomic E-state index is 0.0519. The van der Waals surface area contributed by atoms with Crippen LogP contribution in [0.2, 0.25) is 0 Å². The Balaban J connectivity index is 2.03. The van der Waals surface area contributed by atoms with Gasteiger partial charge in [-0.2, -0.15) is 0 Å². The molecule has 1 saturated heterocycles. The maximum absolute atomic E-state index is 9.02. The van der Waals surface area contributed by atoms with Gasteiger partial charge in [0.1, 0.15) is 0 Å². The third-order valence-corrected chi connectivity index (χ3v) is 2.55. The SMILES string of the molecule is COCC(CO)NCCN1CCOCC1.